The van der Waals surface area contributed by atoms with Crippen LogP contribution in [0.4, 0.5) is 0 Å². The van der Waals surface area contributed by atoms with Gasteiger partial charge >= 0.3 is 0 Å². The molecule has 22 heavy (non-hydrogen) atoms. The molecule has 0 bridgehead atoms. The summed E-state index contributed by atoms with van der Waals surface area (Å²) in [4.78, 5) is 13.0. The van der Waals surface area contributed by atoms with E-state index < -0.39 is 0 Å². The first-order chi connectivity index (χ1) is 10.7. The van der Waals surface area contributed by atoms with Crippen molar-refractivity contribution in [2.45, 2.75) is 6.92 Å². The van der Waals surface area contributed by atoms with Crippen molar-refractivity contribution in [1.29, 1.82) is 0 Å². The average molecular weight is 290 g/mol. The number of hydrogen-bond donors (Lipinski definition) is 0. The maximum absolute atomic E-state index is 13.0. The summed E-state index contributed by atoms with van der Waals surface area (Å²) in [5.41, 5.74) is 5.45. The number of hydrogen-bond acceptors (Lipinski definition) is 2. The topological polar surface area (TPSA) is 26.3 Å². The van der Waals surface area contributed by atoms with E-state index in [0.717, 1.165) is 33.4 Å². The zero-order valence-electron chi connectivity index (χ0n) is 12.8. The summed E-state index contributed by atoms with van der Waals surface area (Å²) < 4.78 is 5.34. The third-order valence-corrected chi connectivity index (χ3v) is 4.00. The van der Waals surface area contributed by atoms with Gasteiger partial charge in [0.05, 0.1) is 6.61 Å². The Morgan fingerprint density at radius 3 is 1.82 bits per heavy atom. The van der Waals surface area contributed by atoms with Gasteiger partial charge in [0.25, 0.3) is 0 Å². The van der Waals surface area contributed by atoms with Gasteiger partial charge in [-0.3, -0.25) is 4.79 Å². The van der Waals surface area contributed by atoms with Crippen molar-refractivity contribution >= 4 is 16.9 Å². The third kappa shape index (κ3) is 2.42. The molecule has 3 rings (SSSR count). The SMILES string of the molecule is COCC1=C(c2ccccc2)C(=O)C(c2ccccc2)=C1C. The van der Waals surface area contributed by atoms with Crippen molar-refractivity contribution in [3.63, 3.8) is 0 Å². The number of benzene rings is 2. The monoisotopic (exact) mass is 290 g/mol. The lowest BCUT2D eigenvalue weighted by atomic mass is 9.96. The van der Waals surface area contributed by atoms with Gasteiger partial charge in [-0.25, -0.2) is 0 Å². The fraction of sp³-hybridized carbons (Fsp3) is 0.150. The Morgan fingerprint density at radius 2 is 1.32 bits per heavy atom. The summed E-state index contributed by atoms with van der Waals surface area (Å²) in [7, 11) is 1.66. The Morgan fingerprint density at radius 1 is 0.818 bits per heavy atom. The van der Waals surface area contributed by atoms with Crippen LogP contribution in [0.1, 0.15) is 18.1 Å². The molecule has 0 aromatic heterocycles. The normalized spacial score (nSPS) is 14.9. The number of ketones is 1. The largest absolute Gasteiger partial charge is 0.380 e. The second-order valence-electron chi connectivity index (χ2n) is 5.35. The van der Waals surface area contributed by atoms with Crippen molar-refractivity contribution in [1.82, 2.24) is 0 Å². The summed E-state index contributed by atoms with van der Waals surface area (Å²) in [6, 6.07) is 19.7. The molecule has 0 spiro atoms. The van der Waals surface area contributed by atoms with Gasteiger partial charge in [-0.15, -0.1) is 0 Å². The highest BCUT2D eigenvalue weighted by Gasteiger charge is 2.31. The highest BCUT2D eigenvalue weighted by Crippen LogP contribution is 2.40. The van der Waals surface area contributed by atoms with Crippen molar-refractivity contribution in [2.24, 2.45) is 0 Å². The lowest BCUT2D eigenvalue weighted by molar-refractivity contribution is -0.108. The van der Waals surface area contributed by atoms with Crippen LogP contribution in [0.3, 0.4) is 0 Å². The molecule has 0 N–H and O–H groups in total. The maximum Gasteiger partial charge on any atom is 0.194 e. The highest BCUT2D eigenvalue weighted by molar-refractivity contribution is 6.46. The predicted molar refractivity (Wildman–Crippen MR) is 89.3 cm³/mol. The first-order valence-corrected chi connectivity index (χ1v) is 7.33. The van der Waals surface area contributed by atoms with Gasteiger partial charge in [-0.1, -0.05) is 60.7 Å². The number of methoxy groups -OCH3 is 1. The molecular formula is C20H18O2. The minimum absolute atomic E-state index is 0.0851. The van der Waals surface area contributed by atoms with Crippen LogP contribution in [0.5, 0.6) is 0 Å². The molecule has 1 aliphatic rings. The van der Waals surface area contributed by atoms with Crippen LogP contribution in [0.25, 0.3) is 11.1 Å². The Labute approximate surface area is 130 Å². The van der Waals surface area contributed by atoms with Gasteiger partial charge in [0.2, 0.25) is 0 Å². The summed E-state index contributed by atoms with van der Waals surface area (Å²) in [6.45, 7) is 2.45. The molecule has 0 unspecified atom stereocenters. The molecular weight excluding hydrogens is 272 g/mol. The molecule has 2 heteroatoms. The standard InChI is InChI=1S/C20H18O2/c1-14-17(13-22-2)19(16-11-7-4-8-12-16)20(21)18(14)15-9-5-3-6-10-15/h3-12H,13H2,1-2H3. The van der Waals surface area contributed by atoms with E-state index in [0.29, 0.717) is 6.61 Å². The smallest absolute Gasteiger partial charge is 0.194 e. The Kier molecular flexibility index (Phi) is 4.03. The van der Waals surface area contributed by atoms with Gasteiger partial charge in [-0.05, 0) is 29.2 Å². The zero-order valence-corrected chi connectivity index (χ0v) is 12.8. The van der Waals surface area contributed by atoms with Gasteiger partial charge in [0.1, 0.15) is 0 Å². The molecule has 0 atom stereocenters. The van der Waals surface area contributed by atoms with Crippen LogP contribution >= 0.6 is 0 Å². The third-order valence-electron chi connectivity index (χ3n) is 4.00. The molecule has 2 nitrogen and oxygen atoms in total. The van der Waals surface area contributed by atoms with E-state index in [2.05, 4.69) is 0 Å². The maximum atomic E-state index is 13.0. The van der Waals surface area contributed by atoms with Crippen molar-refractivity contribution in [2.75, 3.05) is 13.7 Å². The minimum Gasteiger partial charge on any atom is -0.380 e. The fourth-order valence-corrected chi connectivity index (χ4v) is 2.96. The van der Waals surface area contributed by atoms with E-state index >= 15 is 0 Å². The molecule has 0 fully saturated rings. The molecule has 0 radical (unpaired) electrons. The van der Waals surface area contributed by atoms with E-state index in [4.69, 9.17) is 4.74 Å². The highest BCUT2D eigenvalue weighted by atomic mass is 16.5. The first kappa shape index (κ1) is 14.5. The van der Waals surface area contributed by atoms with Gasteiger partial charge in [-0.2, -0.15) is 0 Å². The summed E-state index contributed by atoms with van der Waals surface area (Å²) >= 11 is 0. The summed E-state index contributed by atoms with van der Waals surface area (Å²) in [5, 5.41) is 0. The lowest BCUT2D eigenvalue weighted by Gasteiger charge is -2.07. The van der Waals surface area contributed by atoms with Gasteiger partial charge in [0, 0.05) is 18.3 Å². The number of Topliss-reactive ketones (excluding diaryl/α,β-unsaturated/α-hetero) is 1. The molecule has 0 heterocycles. The number of carbonyl (C=O) groups is 1. The Balaban J connectivity index is 2.14. The molecule has 2 aromatic carbocycles. The second-order valence-corrected chi connectivity index (χ2v) is 5.35. The van der Waals surface area contributed by atoms with Crippen LogP contribution in [0.2, 0.25) is 0 Å². The molecule has 1 aliphatic carbocycles. The van der Waals surface area contributed by atoms with Crippen LogP contribution in [-0.2, 0) is 9.53 Å². The number of ether oxygens (including phenoxy) is 1. The first-order valence-electron chi connectivity index (χ1n) is 7.33. The number of allylic oxidation sites excluding steroid dienone is 2. The second kappa shape index (κ2) is 6.12. The van der Waals surface area contributed by atoms with Crippen molar-refractivity contribution < 1.29 is 9.53 Å². The lowest BCUT2D eigenvalue weighted by Crippen LogP contribution is -2.02. The number of carbonyl (C=O) groups excluding carboxylic acids is 1. The molecule has 110 valence electrons. The van der Waals surface area contributed by atoms with E-state index in [9.17, 15) is 4.79 Å². The van der Waals surface area contributed by atoms with Crippen LogP contribution in [-0.4, -0.2) is 19.5 Å². The molecule has 2 aromatic rings. The van der Waals surface area contributed by atoms with Crippen molar-refractivity contribution in [3.8, 4) is 0 Å². The average Bonchev–Trinajstić information content (AvgIpc) is 2.80. The Bertz CT molecular complexity index is 753. The van der Waals surface area contributed by atoms with Gasteiger partial charge < -0.3 is 4.74 Å². The van der Waals surface area contributed by atoms with Crippen molar-refractivity contribution in [3.05, 3.63) is 82.9 Å². The van der Waals surface area contributed by atoms with E-state index in [1.807, 2.05) is 67.6 Å². The molecule has 0 amide bonds. The quantitative estimate of drug-likeness (QED) is 0.845. The van der Waals surface area contributed by atoms with Crippen LogP contribution in [0.15, 0.2) is 71.8 Å². The summed E-state index contributed by atoms with van der Waals surface area (Å²) in [6.07, 6.45) is 0. The van der Waals surface area contributed by atoms with Gasteiger partial charge in [0.15, 0.2) is 5.78 Å². The Hall–Kier alpha value is -2.45. The van der Waals surface area contributed by atoms with Crippen LogP contribution < -0.4 is 0 Å². The fourth-order valence-electron chi connectivity index (χ4n) is 2.96. The number of rotatable bonds is 4. The van der Waals surface area contributed by atoms with E-state index in [1.54, 1.807) is 7.11 Å². The predicted octanol–water partition coefficient (Wildman–Crippen LogP) is 4.14. The zero-order chi connectivity index (χ0) is 15.5. The molecule has 0 aliphatic heterocycles. The minimum atomic E-state index is 0.0851. The molecule has 0 saturated carbocycles. The summed E-state index contributed by atoms with van der Waals surface area (Å²) in [5.74, 6) is 0.0851. The van der Waals surface area contributed by atoms with E-state index in [-0.39, 0.29) is 5.78 Å². The molecule has 0 saturated heterocycles. The van der Waals surface area contributed by atoms with E-state index in [1.165, 1.54) is 0 Å². The van der Waals surface area contributed by atoms with Crippen LogP contribution in [0, 0.1) is 0 Å².